The number of rotatable bonds is 3. The Hall–Kier alpha value is -1.82. The van der Waals surface area contributed by atoms with Gasteiger partial charge in [0.1, 0.15) is 0 Å². The molecule has 92 valence electrons. The molecule has 1 fully saturated rings. The molecular formula is C12H11N3O2S. The lowest BCUT2D eigenvalue weighted by atomic mass is 10.1. The summed E-state index contributed by atoms with van der Waals surface area (Å²) in [5.74, 6) is 1.83. The zero-order valence-electron chi connectivity index (χ0n) is 9.46. The SMILES string of the molecule is O=C(O)c1ccc2nc(NC3CSC3)ncc2c1. The smallest absolute Gasteiger partial charge is 0.335 e. The predicted octanol–water partition coefficient (Wildman–Crippen LogP) is 1.86. The van der Waals surface area contributed by atoms with Gasteiger partial charge in [-0.2, -0.15) is 11.8 Å². The molecule has 0 spiro atoms. The van der Waals surface area contributed by atoms with E-state index in [0.717, 1.165) is 22.4 Å². The first-order chi connectivity index (χ1) is 8.72. The fourth-order valence-corrected chi connectivity index (χ4v) is 2.38. The van der Waals surface area contributed by atoms with Gasteiger partial charge in [-0.15, -0.1) is 0 Å². The molecule has 1 aliphatic rings. The zero-order valence-corrected chi connectivity index (χ0v) is 10.3. The molecular weight excluding hydrogens is 250 g/mol. The average Bonchev–Trinajstić information content (AvgIpc) is 2.33. The molecule has 0 aliphatic carbocycles. The topological polar surface area (TPSA) is 75.1 Å². The molecule has 1 saturated heterocycles. The molecule has 2 heterocycles. The van der Waals surface area contributed by atoms with E-state index in [1.807, 2.05) is 11.8 Å². The Morgan fingerprint density at radius 1 is 1.44 bits per heavy atom. The molecule has 0 unspecified atom stereocenters. The van der Waals surface area contributed by atoms with Gasteiger partial charge in [-0.1, -0.05) is 0 Å². The van der Waals surface area contributed by atoms with E-state index in [1.54, 1.807) is 24.4 Å². The van der Waals surface area contributed by atoms with Crippen molar-refractivity contribution in [2.24, 2.45) is 0 Å². The molecule has 1 aromatic carbocycles. The number of hydrogen-bond acceptors (Lipinski definition) is 5. The van der Waals surface area contributed by atoms with Crippen LogP contribution in [-0.2, 0) is 0 Å². The van der Waals surface area contributed by atoms with Crippen molar-refractivity contribution in [1.82, 2.24) is 9.97 Å². The highest BCUT2D eigenvalue weighted by Gasteiger charge is 2.18. The van der Waals surface area contributed by atoms with Crippen molar-refractivity contribution >= 4 is 34.6 Å². The molecule has 1 aromatic heterocycles. The number of anilines is 1. The van der Waals surface area contributed by atoms with Crippen molar-refractivity contribution in [2.75, 3.05) is 16.8 Å². The quantitative estimate of drug-likeness (QED) is 0.878. The monoisotopic (exact) mass is 261 g/mol. The highest BCUT2D eigenvalue weighted by atomic mass is 32.2. The number of carbonyl (C=O) groups is 1. The standard InChI is InChI=1S/C12H11N3O2S/c16-11(17)7-1-2-10-8(3-7)4-13-12(15-10)14-9-5-18-6-9/h1-4,9H,5-6H2,(H,16,17)(H,13,14,15). The van der Waals surface area contributed by atoms with E-state index < -0.39 is 5.97 Å². The van der Waals surface area contributed by atoms with Crippen LogP contribution >= 0.6 is 11.8 Å². The van der Waals surface area contributed by atoms with Crippen LogP contribution in [0.15, 0.2) is 24.4 Å². The molecule has 5 nitrogen and oxygen atoms in total. The minimum absolute atomic E-state index is 0.252. The molecule has 6 heteroatoms. The minimum Gasteiger partial charge on any atom is -0.478 e. The number of hydrogen-bond donors (Lipinski definition) is 2. The third-order valence-electron chi connectivity index (χ3n) is 2.80. The van der Waals surface area contributed by atoms with Crippen LogP contribution < -0.4 is 5.32 Å². The van der Waals surface area contributed by atoms with Crippen LogP contribution in [0.1, 0.15) is 10.4 Å². The van der Waals surface area contributed by atoms with Gasteiger partial charge in [0, 0.05) is 29.1 Å². The summed E-state index contributed by atoms with van der Waals surface area (Å²) in [4.78, 5) is 19.4. The maximum atomic E-state index is 10.8. The van der Waals surface area contributed by atoms with E-state index in [4.69, 9.17) is 5.11 Å². The molecule has 0 saturated carbocycles. The van der Waals surface area contributed by atoms with Crippen LogP contribution in [-0.4, -0.2) is 38.6 Å². The lowest BCUT2D eigenvalue weighted by Crippen LogP contribution is -2.33. The van der Waals surface area contributed by atoms with Gasteiger partial charge in [0.05, 0.1) is 11.1 Å². The van der Waals surface area contributed by atoms with Gasteiger partial charge in [0.15, 0.2) is 0 Å². The summed E-state index contributed by atoms with van der Waals surface area (Å²) in [5.41, 5.74) is 1.01. The van der Waals surface area contributed by atoms with Gasteiger partial charge in [-0.25, -0.2) is 14.8 Å². The van der Waals surface area contributed by atoms with Gasteiger partial charge >= 0.3 is 5.97 Å². The normalized spacial score (nSPS) is 15.3. The Balaban J connectivity index is 1.92. The third kappa shape index (κ3) is 2.11. The predicted molar refractivity (Wildman–Crippen MR) is 71.2 cm³/mol. The summed E-state index contributed by atoms with van der Waals surface area (Å²) >= 11 is 1.89. The van der Waals surface area contributed by atoms with E-state index in [-0.39, 0.29) is 5.56 Å². The number of nitrogens with zero attached hydrogens (tertiary/aromatic N) is 2. The van der Waals surface area contributed by atoms with Crippen molar-refractivity contribution in [3.05, 3.63) is 30.0 Å². The first kappa shape index (κ1) is 11.3. The van der Waals surface area contributed by atoms with Crippen molar-refractivity contribution in [3.8, 4) is 0 Å². The number of nitrogens with one attached hydrogen (secondary N) is 1. The van der Waals surface area contributed by atoms with E-state index in [1.165, 1.54) is 0 Å². The van der Waals surface area contributed by atoms with Crippen LogP contribution in [0, 0.1) is 0 Å². The number of carboxylic acid groups (broad SMARTS) is 1. The fraction of sp³-hybridized carbons (Fsp3) is 0.250. The Labute approximate surface area is 108 Å². The Kier molecular flexibility index (Phi) is 2.79. The molecule has 1 aliphatic heterocycles. The lowest BCUT2D eigenvalue weighted by molar-refractivity contribution is 0.0697. The molecule has 2 N–H and O–H groups in total. The maximum absolute atomic E-state index is 10.8. The minimum atomic E-state index is -0.939. The summed E-state index contributed by atoms with van der Waals surface area (Å²) < 4.78 is 0. The maximum Gasteiger partial charge on any atom is 0.335 e. The molecule has 0 atom stereocenters. The summed E-state index contributed by atoms with van der Waals surface area (Å²) in [7, 11) is 0. The summed E-state index contributed by atoms with van der Waals surface area (Å²) in [5, 5.41) is 12.9. The van der Waals surface area contributed by atoms with Crippen LogP contribution in [0.25, 0.3) is 10.9 Å². The second-order valence-electron chi connectivity index (χ2n) is 4.15. The van der Waals surface area contributed by atoms with Crippen molar-refractivity contribution in [3.63, 3.8) is 0 Å². The Bertz CT molecular complexity index is 613. The average molecular weight is 261 g/mol. The fourth-order valence-electron chi connectivity index (χ4n) is 1.74. The number of benzene rings is 1. The zero-order chi connectivity index (χ0) is 12.5. The largest absolute Gasteiger partial charge is 0.478 e. The Morgan fingerprint density at radius 2 is 2.28 bits per heavy atom. The number of aromatic carboxylic acids is 1. The van der Waals surface area contributed by atoms with Crippen LogP contribution in [0.5, 0.6) is 0 Å². The van der Waals surface area contributed by atoms with Gasteiger partial charge in [0.25, 0.3) is 0 Å². The van der Waals surface area contributed by atoms with Crippen LogP contribution in [0.4, 0.5) is 5.95 Å². The van der Waals surface area contributed by atoms with Crippen molar-refractivity contribution in [2.45, 2.75) is 6.04 Å². The van der Waals surface area contributed by atoms with E-state index in [0.29, 0.717) is 12.0 Å². The molecule has 0 bridgehead atoms. The van der Waals surface area contributed by atoms with Crippen molar-refractivity contribution in [1.29, 1.82) is 0 Å². The highest BCUT2D eigenvalue weighted by molar-refractivity contribution is 8.00. The number of thioether (sulfide) groups is 1. The first-order valence-corrected chi connectivity index (χ1v) is 6.72. The summed E-state index contributed by atoms with van der Waals surface area (Å²) in [6.45, 7) is 0. The van der Waals surface area contributed by atoms with Gasteiger partial charge in [-0.05, 0) is 18.2 Å². The molecule has 3 rings (SSSR count). The first-order valence-electron chi connectivity index (χ1n) is 5.57. The molecule has 18 heavy (non-hydrogen) atoms. The van der Waals surface area contributed by atoms with Crippen LogP contribution in [0.2, 0.25) is 0 Å². The molecule has 0 amide bonds. The highest BCUT2D eigenvalue weighted by Crippen LogP contribution is 2.21. The second-order valence-corrected chi connectivity index (χ2v) is 5.23. The van der Waals surface area contributed by atoms with Gasteiger partial charge < -0.3 is 10.4 Å². The summed E-state index contributed by atoms with van der Waals surface area (Å²) in [6, 6.07) is 5.30. The van der Waals surface area contributed by atoms with Gasteiger partial charge in [0.2, 0.25) is 5.95 Å². The number of aromatic nitrogens is 2. The van der Waals surface area contributed by atoms with Crippen molar-refractivity contribution < 1.29 is 9.90 Å². The third-order valence-corrected chi connectivity index (χ3v) is 4.07. The van der Waals surface area contributed by atoms with Gasteiger partial charge in [-0.3, -0.25) is 0 Å². The number of carboxylic acids is 1. The van der Waals surface area contributed by atoms with E-state index >= 15 is 0 Å². The number of fused-ring (bicyclic) bond motifs is 1. The van der Waals surface area contributed by atoms with Crippen LogP contribution in [0.3, 0.4) is 0 Å². The van der Waals surface area contributed by atoms with E-state index in [9.17, 15) is 4.79 Å². The Morgan fingerprint density at radius 3 is 2.94 bits per heavy atom. The lowest BCUT2D eigenvalue weighted by Gasteiger charge is -2.25. The molecule has 0 radical (unpaired) electrons. The van der Waals surface area contributed by atoms with E-state index in [2.05, 4.69) is 15.3 Å². The summed E-state index contributed by atoms with van der Waals surface area (Å²) in [6.07, 6.45) is 1.66. The second kappa shape index (κ2) is 4.45. The molecule has 2 aromatic rings.